The van der Waals surface area contributed by atoms with Gasteiger partial charge in [0.1, 0.15) is 35.8 Å². The summed E-state index contributed by atoms with van der Waals surface area (Å²) in [6.45, 7) is 8.08. The lowest BCUT2D eigenvalue weighted by molar-refractivity contribution is -0.669. The number of benzene rings is 3. The summed E-state index contributed by atoms with van der Waals surface area (Å²) in [5.74, 6) is 1.24. The van der Waals surface area contributed by atoms with E-state index in [1.165, 1.54) is 33.5 Å². The highest BCUT2D eigenvalue weighted by atomic mass is 127. The van der Waals surface area contributed by atoms with E-state index in [2.05, 4.69) is 114 Å². The maximum Gasteiger partial charge on any atom is 0.212 e. The van der Waals surface area contributed by atoms with E-state index >= 15 is 0 Å². The molecule has 0 radical (unpaired) electrons. The van der Waals surface area contributed by atoms with Crippen molar-refractivity contribution in [3.8, 4) is 12.1 Å². The van der Waals surface area contributed by atoms with E-state index in [9.17, 15) is 0 Å². The normalized spacial score (nSPS) is 14.1. The SMILES string of the molecule is CC1=CC(=C(C#N)C#N)C=C(C=Cc2ccc(N(C)C)cc2)O1.CCN1C(=CC=Cc2ccc3ccccc3[n+]2CC)C=Cc2ccccc21.[I-]. The van der Waals surface area contributed by atoms with Crippen molar-refractivity contribution >= 4 is 40.5 Å². The van der Waals surface area contributed by atoms with Crippen molar-refractivity contribution in [3.05, 3.63) is 167 Å². The molecule has 6 nitrogen and oxygen atoms in total. The van der Waals surface area contributed by atoms with Gasteiger partial charge in [0.05, 0.1) is 0 Å². The number of likely N-dealkylation sites (N-methyl/N-ethyl adjacent to an activating group) is 1. The van der Waals surface area contributed by atoms with Crippen LogP contribution in [0.15, 0.2) is 150 Å². The number of para-hydroxylation sites is 2. The Labute approximate surface area is 319 Å². The number of pyridine rings is 1. The minimum Gasteiger partial charge on any atom is -1.00 e. The van der Waals surface area contributed by atoms with E-state index in [1.54, 1.807) is 19.1 Å². The van der Waals surface area contributed by atoms with Crippen LogP contribution in [0.1, 0.15) is 37.6 Å². The van der Waals surface area contributed by atoms with Crippen molar-refractivity contribution in [1.29, 1.82) is 10.5 Å². The number of ether oxygens (including phenoxy) is 1. The van der Waals surface area contributed by atoms with Gasteiger partial charge in [-0.05, 0) is 92.6 Å². The van der Waals surface area contributed by atoms with Crippen LogP contribution in [0.3, 0.4) is 0 Å². The van der Waals surface area contributed by atoms with E-state index in [1.807, 2.05) is 67.6 Å². The fourth-order valence-electron chi connectivity index (χ4n) is 5.90. The van der Waals surface area contributed by atoms with Gasteiger partial charge in [-0.2, -0.15) is 15.1 Å². The number of nitriles is 2. The van der Waals surface area contributed by atoms with Crippen LogP contribution in [0.5, 0.6) is 0 Å². The van der Waals surface area contributed by atoms with E-state index in [-0.39, 0.29) is 29.5 Å². The summed E-state index contributed by atoms with van der Waals surface area (Å²) in [5, 5.41) is 19.2. The first-order valence-electron chi connectivity index (χ1n) is 16.8. The van der Waals surface area contributed by atoms with E-state index < -0.39 is 0 Å². The summed E-state index contributed by atoms with van der Waals surface area (Å²) in [6, 6.07) is 33.4. The third-order valence-corrected chi connectivity index (χ3v) is 8.41. The first-order valence-corrected chi connectivity index (χ1v) is 16.8. The molecule has 51 heavy (non-hydrogen) atoms. The van der Waals surface area contributed by atoms with Crippen LogP contribution >= 0.6 is 0 Å². The van der Waals surface area contributed by atoms with E-state index in [0.29, 0.717) is 17.1 Å². The molecule has 1 aromatic heterocycles. The van der Waals surface area contributed by atoms with Gasteiger partial charge in [-0.1, -0.05) is 60.7 Å². The molecule has 0 spiro atoms. The quantitative estimate of drug-likeness (QED) is 0.121. The monoisotopic (exact) mass is 783 g/mol. The first-order chi connectivity index (χ1) is 24.3. The van der Waals surface area contributed by atoms with Gasteiger partial charge in [-0.25, -0.2) is 0 Å². The van der Waals surface area contributed by atoms with Crippen molar-refractivity contribution in [1.82, 2.24) is 0 Å². The third-order valence-electron chi connectivity index (χ3n) is 8.41. The van der Waals surface area contributed by atoms with Gasteiger partial charge >= 0.3 is 0 Å². The third kappa shape index (κ3) is 9.54. The summed E-state index contributed by atoms with van der Waals surface area (Å²) >= 11 is 0. The number of nitrogens with zero attached hydrogens (tertiary/aromatic N) is 5. The van der Waals surface area contributed by atoms with Gasteiger partial charge in [0.2, 0.25) is 11.2 Å². The molecule has 4 aromatic rings. The molecule has 7 heteroatoms. The molecule has 0 N–H and O–H groups in total. The van der Waals surface area contributed by atoms with Gasteiger partial charge in [-0.3, -0.25) is 0 Å². The Balaban J connectivity index is 0.000000228. The van der Waals surface area contributed by atoms with Gasteiger partial charge < -0.3 is 38.5 Å². The molecule has 0 atom stereocenters. The Morgan fingerprint density at radius 1 is 0.843 bits per heavy atom. The average Bonchev–Trinajstić information content (AvgIpc) is 3.14. The van der Waals surface area contributed by atoms with Crippen molar-refractivity contribution in [3.63, 3.8) is 0 Å². The lowest BCUT2D eigenvalue weighted by Gasteiger charge is -2.29. The van der Waals surface area contributed by atoms with Crippen LogP contribution < -0.4 is 38.3 Å². The molecule has 2 aliphatic heterocycles. The first kappa shape index (κ1) is 38.2. The molecule has 3 heterocycles. The van der Waals surface area contributed by atoms with Crippen LogP contribution in [0.4, 0.5) is 11.4 Å². The standard InChI is InChI=1S/C25H25N2.C19H17N3O.HI/c1-3-26-22(18-16-20-10-5-7-14-24(20)26)12-9-13-23-19-17-21-11-6-8-15-25(21)27(23)4-2;1-14-10-16(17(12-20)13-21)11-19(23-14)9-6-15-4-7-18(8-5-15)22(2)3;/h5-19H,3-4H2,1-2H3;4-11H,1-3H3;1H/q+1;;/p-1. The molecule has 2 aliphatic rings. The number of aryl methyl sites for hydroxylation is 1. The van der Waals surface area contributed by atoms with E-state index in [4.69, 9.17) is 15.3 Å². The second-order valence-electron chi connectivity index (χ2n) is 11.9. The molecule has 0 saturated carbocycles. The summed E-state index contributed by atoms with van der Waals surface area (Å²) in [4.78, 5) is 4.39. The smallest absolute Gasteiger partial charge is 0.212 e. The van der Waals surface area contributed by atoms with Gasteiger partial charge in [-0.15, -0.1) is 0 Å². The number of fused-ring (bicyclic) bond motifs is 2. The van der Waals surface area contributed by atoms with Gasteiger partial charge in [0, 0.05) is 66.9 Å². The molecule has 6 rings (SSSR count). The molecular formula is C44H42IN5O. The van der Waals surface area contributed by atoms with Crippen molar-refractivity contribution in [2.24, 2.45) is 0 Å². The number of halogens is 1. The number of hydrogen-bond donors (Lipinski definition) is 0. The van der Waals surface area contributed by atoms with Crippen LogP contribution in [0.25, 0.3) is 29.1 Å². The Kier molecular flexibility index (Phi) is 13.8. The van der Waals surface area contributed by atoms with Gasteiger partial charge in [0.25, 0.3) is 0 Å². The molecule has 0 fully saturated rings. The Morgan fingerprint density at radius 3 is 2.27 bits per heavy atom. The lowest BCUT2D eigenvalue weighted by atomic mass is 10.1. The van der Waals surface area contributed by atoms with Crippen molar-refractivity contribution in [2.75, 3.05) is 30.4 Å². The fourth-order valence-corrected chi connectivity index (χ4v) is 5.90. The number of aromatic nitrogens is 1. The van der Waals surface area contributed by atoms with Crippen LogP contribution in [0.2, 0.25) is 0 Å². The highest BCUT2D eigenvalue weighted by molar-refractivity contribution is 5.77. The predicted octanol–water partition coefficient (Wildman–Crippen LogP) is 6.53. The predicted molar refractivity (Wildman–Crippen MR) is 206 cm³/mol. The minimum absolute atomic E-state index is 0. The molecule has 0 saturated heterocycles. The second kappa shape index (κ2) is 18.4. The average molecular weight is 784 g/mol. The zero-order valence-electron chi connectivity index (χ0n) is 29.7. The van der Waals surface area contributed by atoms with Gasteiger partial charge in [0.15, 0.2) is 0 Å². The fraction of sp³-hybridized carbons (Fsp3) is 0.159. The summed E-state index contributed by atoms with van der Waals surface area (Å²) in [7, 11) is 3.99. The molecule has 0 aliphatic carbocycles. The number of anilines is 2. The van der Waals surface area contributed by atoms with E-state index in [0.717, 1.165) is 24.3 Å². The minimum atomic E-state index is 0. The van der Waals surface area contributed by atoms with Crippen LogP contribution in [-0.4, -0.2) is 20.6 Å². The molecular weight excluding hydrogens is 741 g/mol. The second-order valence-corrected chi connectivity index (χ2v) is 11.9. The summed E-state index contributed by atoms with van der Waals surface area (Å²) in [5.41, 5.74) is 9.08. The maximum atomic E-state index is 8.98. The summed E-state index contributed by atoms with van der Waals surface area (Å²) < 4.78 is 7.97. The molecule has 0 amide bonds. The summed E-state index contributed by atoms with van der Waals surface area (Å²) in [6.07, 6.45) is 18.1. The zero-order valence-corrected chi connectivity index (χ0v) is 31.9. The largest absolute Gasteiger partial charge is 1.00 e. The van der Waals surface area contributed by atoms with Crippen molar-refractivity contribution in [2.45, 2.75) is 27.3 Å². The topological polar surface area (TPSA) is 67.2 Å². The Hall–Kier alpha value is -5.64. The number of rotatable bonds is 7. The Morgan fingerprint density at radius 2 is 1.57 bits per heavy atom. The highest BCUT2D eigenvalue weighted by Crippen LogP contribution is 2.30. The maximum absolute atomic E-state index is 8.98. The Bertz CT molecular complexity index is 2150. The zero-order chi connectivity index (χ0) is 35.5. The van der Waals surface area contributed by atoms with Crippen LogP contribution in [-0.2, 0) is 11.3 Å². The molecule has 0 unspecified atom stereocenters. The lowest BCUT2D eigenvalue weighted by Crippen LogP contribution is -3.00. The molecule has 256 valence electrons. The molecule has 0 bridgehead atoms. The highest BCUT2D eigenvalue weighted by Gasteiger charge is 2.15. The van der Waals surface area contributed by atoms with Crippen molar-refractivity contribution < 1.29 is 33.3 Å². The molecule has 3 aromatic carbocycles. The number of allylic oxidation sites excluding steroid dienone is 9. The number of hydrogen-bond acceptors (Lipinski definition) is 5. The van der Waals surface area contributed by atoms with Crippen LogP contribution in [0, 0.1) is 22.7 Å².